The molecule has 0 spiro atoms. The average Bonchev–Trinajstić information content (AvgIpc) is 2.71. The SMILES string of the molecule is Cc1ccc(C)c(C(C)NC(=O)c2cc(NS(=O)(=O)c3ccccc3)ccc2Cl)c1. The zero-order valence-corrected chi connectivity index (χ0v) is 18.5. The summed E-state index contributed by atoms with van der Waals surface area (Å²) in [5.41, 5.74) is 3.64. The van der Waals surface area contributed by atoms with E-state index in [1.165, 1.54) is 30.3 Å². The van der Waals surface area contributed by atoms with E-state index >= 15 is 0 Å². The molecule has 0 fully saturated rings. The van der Waals surface area contributed by atoms with Crippen LogP contribution in [0.4, 0.5) is 5.69 Å². The molecule has 30 heavy (non-hydrogen) atoms. The molecular formula is C23H23ClN2O3S. The van der Waals surface area contributed by atoms with Gasteiger partial charge >= 0.3 is 0 Å². The van der Waals surface area contributed by atoms with Crippen molar-refractivity contribution in [1.29, 1.82) is 0 Å². The van der Waals surface area contributed by atoms with Gasteiger partial charge in [-0.15, -0.1) is 0 Å². The molecule has 0 saturated carbocycles. The van der Waals surface area contributed by atoms with Crippen molar-refractivity contribution < 1.29 is 13.2 Å². The number of sulfonamides is 1. The number of benzene rings is 3. The van der Waals surface area contributed by atoms with Crippen molar-refractivity contribution in [3.63, 3.8) is 0 Å². The molecule has 0 radical (unpaired) electrons. The maximum Gasteiger partial charge on any atom is 0.261 e. The lowest BCUT2D eigenvalue weighted by Crippen LogP contribution is -2.27. The molecule has 7 heteroatoms. The number of anilines is 1. The molecule has 5 nitrogen and oxygen atoms in total. The summed E-state index contributed by atoms with van der Waals surface area (Å²) in [4.78, 5) is 13.0. The van der Waals surface area contributed by atoms with Gasteiger partial charge in [0, 0.05) is 5.69 Å². The molecule has 1 unspecified atom stereocenters. The third-order valence-corrected chi connectivity index (χ3v) is 6.49. The van der Waals surface area contributed by atoms with Crippen LogP contribution in [0.3, 0.4) is 0 Å². The van der Waals surface area contributed by atoms with Crippen LogP contribution in [0.15, 0.2) is 71.6 Å². The summed E-state index contributed by atoms with van der Waals surface area (Å²) >= 11 is 6.23. The summed E-state index contributed by atoms with van der Waals surface area (Å²) in [5, 5.41) is 3.18. The highest BCUT2D eigenvalue weighted by atomic mass is 35.5. The zero-order valence-electron chi connectivity index (χ0n) is 16.9. The van der Waals surface area contributed by atoms with Crippen LogP contribution in [-0.4, -0.2) is 14.3 Å². The van der Waals surface area contributed by atoms with Crippen LogP contribution in [0, 0.1) is 13.8 Å². The maximum atomic E-state index is 12.9. The van der Waals surface area contributed by atoms with Crippen LogP contribution >= 0.6 is 11.6 Å². The quantitative estimate of drug-likeness (QED) is 0.547. The predicted molar refractivity (Wildman–Crippen MR) is 120 cm³/mol. The molecule has 3 aromatic carbocycles. The van der Waals surface area contributed by atoms with Crippen molar-refractivity contribution in [2.24, 2.45) is 0 Å². The number of hydrogen-bond donors (Lipinski definition) is 2. The lowest BCUT2D eigenvalue weighted by Gasteiger charge is -2.18. The standard InChI is InChI=1S/C23H23ClN2O3S/c1-15-9-10-16(2)20(13-15)17(3)25-23(27)21-14-18(11-12-22(21)24)26-30(28,29)19-7-5-4-6-8-19/h4-14,17,26H,1-3H3,(H,25,27). The normalized spacial score (nSPS) is 12.3. The first-order valence-electron chi connectivity index (χ1n) is 9.43. The van der Waals surface area contributed by atoms with Gasteiger partial charge in [0.25, 0.3) is 15.9 Å². The molecule has 0 aliphatic heterocycles. The van der Waals surface area contributed by atoms with Gasteiger partial charge in [-0.25, -0.2) is 8.42 Å². The zero-order chi connectivity index (χ0) is 21.9. The summed E-state index contributed by atoms with van der Waals surface area (Å²) in [5.74, 6) is -0.380. The number of amides is 1. The highest BCUT2D eigenvalue weighted by Crippen LogP contribution is 2.25. The fourth-order valence-electron chi connectivity index (χ4n) is 3.16. The number of rotatable bonds is 6. The van der Waals surface area contributed by atoms with Gasteiger partial charge in [0.05, 0.1) is 21.5 Å². The monoisotopic (exact) mass is 442 g/mol. The number of nitrogens with one attached hydrogen (secondary N) is 2. The first kappa shape index (κ1) is 21.9. The highest BCUT2D eigenvalue weighted by Gasteiger charge is 2.19. The van der Waals surface area contributed by atoms with E-state index < -0.39 is 10.0 Å². The predicted octanol–water partition coefficient (Wildman–Crippen LogP) is 5.25. The molecule has 0 saturated heterocycles. The minimum Gasteiger partial charge on any atom is -0.345 e. The van der Waals surface area contributed by atoms with E-state index in [1.807, 2.05) is 39.0 Å². The molecule has 0 heterocycles. The molecule has 0 aliphatic rings. The Hall–Kier alpha value is -2.83. The Morgan fingerprint density at radius 3 is 2.37 bits per heavy atom. The second kappa shape index (κ2) is 8.90. The first-order chi connectivity index (χ1) is 14.2. The summed E-state index contributed by atoms with van der Waals surface area (Å²) < 4.78 is 27.6. The van der Waals surface area contributed by atoms with E-state index in [0.29, 0.717) is 0 Å². The molecule has 1 atom stereocenters. The van der Waals surface area contributed by atoms with Crippen molar-refractivity contribution >= 4 is 33.2 Å². The van der Waals surface area contributed by atoms with Crippen molar-refractivity contribution in [3.8, 4) is 0 Å². The van der Waals surface area contributed by atoms with Crippen LogP contribution in [0.2, 0.25) is 5.02 Å². The number of halogens is 1. The van der Waals surface area contributed by atoms with Crippen molar-refractivity contribution in [2.45, 2.75) is 31.7 Å². The number of carbonyl (C=O) groups excluding carboxylic acids is 1. The largest absolute Gasteiger partial charge is 0.345 e. The van der Waals surface area contributed by atoms with E-state index in [2.05, 4.69) is 10.0 Å². The average molecular weight is 443 g/mol. The minimum atomic E-state index is -3.77. The van der Waals surface area contributed by atoms with Crippen LogP contribution in [0.1, 0.15) is 40.0 Å². The van der Waals surface area contributed by atoms with Gasteiger partial charge in [-0.05, 0) is 62.2 Å². The Balaban J connectivity index is 1.82. The lowest BCUT2D eigenvalue weighted by atomic mass is 9.99. The van der Waals surface area contributed by atoms with Gasteiger partial charge in [-0.3, -0.25) is 9.52 Å². The molecule has 2 N–H and O–H groups in total. The van der Waals surface area contributed by atoms with Crippen LogP contribution in [0.5, 0.6) is 0 Å². The minimum absolute atomic E-state index is 0.134. The second-order valence-corrected chi connectivity index (χ2v) is 9.26. The number of carbonyl (C=O) groups is 1. The molecule has 1 amide bonds. The molecular weight excluding hydrogens is 420 g/mol. The fourth-order valence-corrected chi connectivity index (χ4v) is 4.43. The first-order valence-corrected chi connectivity index (χ1v) is 11.3. The lowest BCUT2D eigenvalue weighted by molar-refractivity contribution is 0.0940. The smallest absolute Gasteiger partial charge is 0.261 e. The van der Waals surface area contributed by atoms with Gasteiger partial charge in [0.15, 0.2) is 0 Å². The molecule has 0 aromatic heterocycles. The molecule has 156 valence electrons. The van der Waals surface area contributed by atoms with Gasteiger partial charge < -0.3 is 5.32 Å². The Morgan fingerprint density at radius 2 is 1.67 bits per heavy atom. The molecule has 3 aromatic rings. The Morgan fingerprint density at radius 1 is 0.967 bits per heavy atom. The van der Waals surface area contributed by atoms with Crippen molar-refractivity contribution in [2.75, 3.05) is 4.72 Å². The third-order valence-electron chi connectivity index (χ3n) is 4.77. The van der Waals surface area contributed by atoms with E-state index in [0.717, 1.165) is 16.7 Å². The van der Waals surface area contributed by atoms with Gasteiger partial charge in [0.1, 0.15) is 0 Å². The van der Waals surface area contributed by atoms with Crippen LogP contribution < -0.4 is 10.0 Å². The highest BCUT2D eigenvalue weighted by molar-refractivity contribution is 7.92. The third kappa shape index (κ3) is 5.01. The van der Waals surface area contributed by atoms with Gasteiger partial charge in [-0.2, -0.15) is 0 Å². The Bertz CT molecular complexity index is 1180. The second-order valence-electron chi connectivity index (χ2n) is 7.17. The number of aryl methyl sites for hydroxylation is 2. The maximum absolute atomic E-state index is 12.9. The Labute approximate surface area is 182 Å². The van der Waals surface area contributed by atoms with Gasteiger partial charge in [0.2, 0.25) is 0 Å². The van der Waals surface area contributed by atoms with Crippen molar-refractivity contribution in [3.05, 3.63) is 94.0 Å². The van der Waals surface area contributed by atoms with Crippen LogP contribution in [-0.2, 0) is 10.0 Å². The molecule has 0 bridgehead atoms. The topological polar surface area (TPSA) is 75.3 Å². The summed E-state index contributed by atoms with van der Waals surface area (Å²) in [7, 11) is -3.77. The Kier molecular flexibility index (Phi) is 6.48. The van der Waals surface area contributed by atoms with E-state index in [-0.39, 0.29) is 33.1 Å². The summed E-state index contributed by atoms with van der Waals surface area (Å²) in [6.07, 6.45) is 0. The molecule has 3 rings (SSSR count). The van der Waals surface area contributed by atoms with E-state index in [4.69, 9.17) is 11.6 Å². The summed E-state index contributed by atoms with van der Waals surface area (Å²) in [6, 6.07) is 18.3. The van der Waals surface area contributed by atoms with Gasteiger partial charge in [-0.1, -0.05) is 53.6 Å². The van der Waals surface area contributed by atoms with E-state index in [9.17, 15) is 13.2 Å². The van der Waals surface area contributed by atoms with Crippen LogP contribution in [0.25, 0.3) is 0 Å². The molecule has 0 aliphatic carbocycles. The fraction of sp³-hybridized carbons (Fsp3) is 0.174. The van der Waals surface area contributed by atoms with Crippen molar-refractivity contribution in [1.82, 2.24) is 5.32 Å². The summed E-state index contributed by atoms with van der Waals surface area (Å²) in [6.45, 7) is 5.88. The van der Waals surface area contributed by atoms with E-state index in [1.54, 1.807) is 18.2 Å². The number of hydrogen-bond acceptors (Lipinski definition) is 3.